The summed E-state index contributed by atoms with van der Waals surface area (Å²) in [7, 11) is 5.17. The van der Waals surface area contributed by atoms with E-state index in [1.54, 1.807) is 14.2 Å². The number of likely N-dealkylation sites (N-methyl/N-ethyl adjacent to an activating group) is 1. The fraction of sp³-hybridized carbons (Fsp3) is 0.568. The lowest BCUT2D eigenvalue weighted by Gasteiger charge is -2.61. The second-order valence-corrected chi connectivity index (χ2v) is 14.8. The van der Waals surface area contributed by atoms with Gasteiger partial charge in [-0.05, 0) is 44.9 Å². The number of thioether (sulfide) groups is 1. The first-order valence-corrected chi connectivity index (χ1v) is 18.4. The molecular weight excluding hydrogens is 694 g/mol. The molecule has 278 valence electrons. The molecule has 6 aliphatic rings. The highest BCUT2D eigenvalue weighted by Gasteiger charge is 2.61. The number of hydrogen-bond acceptors (Lipinski definition) is 15. The van der Waals surface area contributed by atoms with Crippen molar-refractivity contribution in [3.8, 4) is 34.8 Å². The topological polar surface area (TPSA) is 155 Å². The molecule has 6 heterocycles. The Morgan fingerprint density at radius 1 is 1.08 bits per heavy atom. The van der Waals surface area contributed by atoms with Crippen molar-refractivity contribution in [2.45, 2.75) is 88.5 Å². The van der Waals surface area contributed by atoms with Crippen molar-refractivity contribution >= 4 is 29.7 Å². The minimum Gasteiger partial charge on any atom is -0.493 e. The number of methoxy groups -OCH3 is 2. The summed E-state index contributed by atoms with van der Waals surface area (Å²) in [4.78, 5) is 43.6. The van der Waals surface area contributed by atoms with Crippen LogP contribution in [0, 0.1) is 25.2 Å². The number of fused-ring (bicyclic) bond motifs is 10. The van der Waals surface area contributed by atoms with Gasteiger partial charge in [-0.3, -0.25) is 19.4 Å². The molecule has 2 fully saturated rings. The normalized spacial score (nSPS) is 27.3. The average Bonchev–Trinajstić information content (AvgIpc) is 3.60. The molecule has 0 spiro atoms. The molecule has 6 aliphatic heterocycles. The molecule has 0 aromatic heterocycles. The van der Waals surface area contributed by atoms with E-state index in [0.29, 0.717) is 58.3 Å². The van der Waals surface area contributed by atoms with E-state index in [1.165, 1.54) is 18.7 Å². The van der Waals surface area contributed by atoms with E-state index in [-0.39, 0.29) is 38.4 Å². The largest absolute Gasteiger partial charge is 0.493 e. The van der Waals surface area contributed by atoms with Crippen LogP contribution in [0.15, 0.2) is 6.07 Å². The summed E-state index contributed by atoms with van der Waals surface area (Å²) >= 11 is 1.38. The zero-order chi connectivity index (χ0) is 37.0. The Morgan fingerprint density at radius 2 is 1.85 bits per heavy atom. The summed E-state index contributed by atoms with van der Waals surface area (Å²) in [5.41, 5.74) is 4.70. The van der Waals surface area contributed by atoms with Crippen LogP contribution >= 0.6 is 11.8 Å². The monoisotopic (exact) mass is 737 g/mol. The molecule has 2 unspecified atom stereocenters. The number of aryl methyl sites for hydroxylation is 1. The van der Waals surface area contributed by atoms with Crippen LogP contribution in [0.1, 0.15) is 77.4 Å². The molecule has 0 aliphatic carbocycles. The van der Waals surface area contributed by atoms with Crippen LogP contribution in [0.3, 0.4) is 0 Å². The van der Waals surface area contributed by atoms with E-state index in [2.05, 4.69) is 21.9 Å². The fourth-order valence-electron chi connectivity index (χ4n) is 8.69. The quantitative estimate of drug-likeness (QED) is 0.216. The number of carbonyl (C=O) groups is 3. The molecule has 2 aromatic rings. The Hall–Kier alpha value is -4.23. The third-order valence-corrected chi connectivity index (χ3v) is 12.0. The lowest BCUT2D eigenvalue weighted by molar-refractivity contribution is -0.169. The molecule has 4 bridgehead atoms. The van der Waals surface area contributed by atoms with Gasteiger partial charge in [0.2, 0.25) is 12.9 Å². The summed E-state index contributed by atoms with van der Waals surface area (Å²) in [6, 6.07) is 2.15. The van der Waals surface area contributed by atoms with Gasteiger partial charge >= 0.3 is 17.9 Å². The Morgan fingerprint density at radius 3 is 2.54 bits per heavy atom. The maximum atomic E-state index is 13.7. The van der Waals surface area contributed by atoms with Crippen LogP contribution < -0.4 is 23.7 Å². The van der Waals surface area contributed by atoms with Crippen LogP contribution in [-0.2, 0) is 35.0 Å². The second-order valence-electron chi connectivity index (χ2n) is 13.6. The Kier molecular flexibility index (Phi) is 9.94. The van der Waals surface area contributed by atoms with Gasteiger partial charge in [0.05, 0.1) is 30.5 Å². The van der Waals surface area contributed by atoms with Crippen molar-refractivity contribution in [2.75, 3.05) is 47.2 Å². The van der Waals surface area contributed by atoms with Crippen LogP contribution in [0.25, 0.3) is 0 Å². The van der Waals surface area contributed by atoms with Crippen molar-refractivity contribution < 1.29 is 52.3 Å². The predicted octanol–water partition coefficient (Wildman–Crippen LogP) is 4.22. The van der Waals surface area contributed by atoms with Gasteiger partial charge in [0.15, 0.2) is 29.8 Å². The number of esters is 3. The third kappa shape index (κ3) is 5.71. The van der Waals surface area contributed by atoms with Crippen LogP contribution in [0.4, 0.5) is 0 Å². The molecule has 2 saturated heterocycles. The van der Waals surface area contributed by atoms with E-state index in [9.17, 15) is 19.6 Å². The van der Waals surface area contributed by atoms with Crippen molar-refractivity contribution in [1.82, 2.24) is 9.80 Å². The van der Waals surface area contributed by atoms with Gasteiger partial charge in [-0.1, -0.05) is 13.0 Å². The summed E-state index contributed by atoms with van der Waals surface area (Å²) in [6.07, 6.45) is 0.0611. The lowest BCUT2D eigenvalue weighted by atomic mass is 9.71. The van der Waals surface area contributed by atoms with Crippen molar-refractivity contribution in [1.29, 1.82) is 5.26 Å². The number of benzene rings is 2. The van der Waals surface area contributed by atoms with Gasteiger partial charge in [0.25, 0.3) is 0 Å². The minimum atomic E-state index is -1.18. The number of nitriles is 1. The van der Waals surface area contributed by atoms with Crippen molar-refractivity contribution in [2.24, 2.45) is 0 Å². The first-order chi connectivity index (χ1) is 25.1. The average molecular weight is 738 g/mol. The smallest absolute Gasteiger partial charge is 0.348 e. The molecule has 52 heavy (non-hydrogen) atoms. The molecule has 0 saturated carbocycles. The Labute approximate surface area is 306 Å². The van der Waals surface area contributed by atoms with E-state index in [1.807, 2.05) is 27.8 Å². The second kappa shape index (κ2) is 14.3. The SMILES string of the molecule is CCCC(=O)OC1CS[C@@H]2c3c(OC(C)=O)c(C)c4c(c3[C@H](COC1=O)N1C2[C@H]2c3c(cc(C)c(OC)c3OCOC)C[C@@H]([C@@H]1C#N)N2C)OCO4. The maximum Gasteiger partial charge on any atom is 0.348 e. The van der Waals surface area contributed by atoms with E-state index in [0.717, 1.165) is 16.7 Å². The molecule has 7 atom stereocenters. The van der Waals surface area contributed by atoms with E-state index < -0.39 is 53.4 Å². The number of carbonyl (C=O) groups excluding carboxylic acids is 3. The Bertz CT molecular complexity index is 1850. The zero-order valence-electron chi connectivity index (χ0n) is 30.3. The molecule has 0 amide bonds. The zero-order valence-corrected chi connectivity index (χ0v) is 31.1. The van der Waals surface area contributed by atoms with Crippen LogP contribution in [0.5, 0.6) is 28.7 Å². The first-order valence-electron chi connectivity index (χ1n) is 17.4. The van der Waals surface area contributed by atoms with Gasteiger partial charge in [-0.15, -0.1) is 11.8 Å². The standard InChI is InChI=1S/C37H43N3O11S/c1-8-9-25(42)51-24-14-52-36-28-27(35-33(48-16-49-35)18(3)32(28)50-19(4)41)23(13-46-37(24)43)40-22(12-38)21-11-20-10-17(2)31(45-7)34(47-15-44-6)26(20)29(30(36)40)39(21)5/h10,21-24,29-30,36H,8-9,11,13-16H2,1-7H3/t21-,22-,23-,24?,29+,30?,36+/m0/s1. The molecule has 8 rings (SSSR count). The van der Waals surface area contributed by atoms with Gasteiger partial charge in [0, 0.05) is 60.5 Å². The number of nitrogens with zero attached hydrogens (tertiary/aromatic N) is 3. The van der Waals surface area contributed by atoms with Gasteiger partial charge in [-0.2, -0.15) is 5.26 Å². The summed E-state index contributed by atoms with van der Waals surface area (Å²) in [5, 5.41) is 10.5. The predicted molar refractivity (Wildman–Crippen MR) is 186 cm³/mol. The van der Waals surface area contributed by atoms with E-state index >= 15 is 0 Å². The number of rotatable bonds is 8. The van der Waals surface area contributed by atoms with Crippen LogP contribution in [0.2, 0.25) is 0 Å². The summed E-state index contributed by atoms with van der Waals surface area (Å²) in [6.45, 7) is 6.70. The third-order valence-electron chi connectivity index (χ3n) is 10.7. The number of piperazine rings is 1. The Balaban J connectivity index is 1.52. The molecular formula is C37H43N3O11S. The molecule has 2 aromatic carbocycles. The minimum absolute atomic E-state index is 0.0228. The molecule has 14 nitrogen and oxygen atoms in total. The first kappa shape index (κ1) is 36.1. The number of hydrogen-bond donors (Lipinski definition) is 0. The molecule has 0 radical (unpaired) electrons. The highest BCUT2D eigenvalue weighted by Crippen LogP contribution is 2.64. The highest BCUT2D eigenvalue weighted by atomic mass is 32.2. The summed E-state index contributed by atoms with van der Waals surface area (Å²) in [5.74, 6) is 0.680. The van der Waals surface area contributed by atoms with Crippen LogP contribution in [-0.4, -0.2) is 99.2 Å². The number of ether oxygens (including phenoxy) is 8. The highest BCUT2D eigenvalue weighted by molar-refractivity contribution is 7.99. The lowest BCUT2D eigenvalue weighted by Crippen LogP contribution is -2.69. The fourth-order valence-corrected chi connectivity index (χ4v) is 10.2. The molecule has 15 heteroatoms. The van der Waals surface area contributed by atoms with E-state index in [4.69, 9.17) is 37.9 Å². The maximum absolute atomic E-state index is 13.7. The van der Waals surface area contributed by atoms with Crippen molar-refractivity contribution in [3.63, 3.8) is 0 Å². The summed E-state index contributed by atoms with van der Waals surface area (Å²) < 4.78 is 47.6. The van der Waals surface area contributed by atoms with Crippen molar-refractivity contribution in [3.05, 3.63) is 39.4 Å². The van der Waals surface area contributed by atoms with Gasteiger partial charge in [0.1, 0.15) is 18.4 Å². The van der Waals surface area contributed by atoms with Gasteiger partial charge < -0.3 is 37.9 Å². The molecule has 0 N–H and O–H groups in total. The van der Waals surface area contributed by atoms with Gasteiger partial charge in [-0.25, -0.2) is 4.79 Å².